The van der Waals surface area contributed by atoms with E-state index in [4.69, 9.17) is 4.74 Å². The lowest BCUT2D eigenvalue weighted by atomic mass is 10.5. The minimum Gasteiger partial charge on any atom is -0.459 e. The Hall–Kier alpha value is -2.44. The van der Waals surface area contributed by atoms with Gasteiger partial charge in [-0.1, -0.05) is 19.6 Å². The molecular formula is C12H16N6O. The Kier molecular flexibility index (Phi) is 4.44. The van der Waals surface area contributed by atoms with Gasteiger partial charge in [0.2, 0.25) is 11.9 Å². The molecule has 0 aliphatic heterocycles. The first kappa shape index (κ1) is 13.0. The summed E-state index contributed by atoms with van der Waals surface area (Å²) in [6, 6.07) is 0.261. The van der Waals surface area contributed by atoms with Crippen LogP contribution in [0.25, 0.3) is 5.95 Å². The van der Waals surface area contributed by atoms with Crippen molar-refractivity contribution in [2.75, 3.05) is 18.5 Å². The van der Waals surface area contributed by atoms with Gasteiger partial charge in [0.15, 0.2) is 0 Å². The minimum atomic E-state index is 0.261. The number of hydrogen-bond acceptors (Lipinski definition) is 6. The number of nitrogens with one attached hydrogen (secondary N) is 1. The van der Waals surface area contributed by atoms with E-state index in [2.05, 4.69) is 38.8 Å². The summed E-state index contributed by atoms with van der Waals surface area (Å²) in [5.74, 6) is 0.949. The van der Waals surface area contributed by atoms with Gasteiger partial charge in [-0.05, 0) is 6.42 Å². The van der Waals surface area contributed by atoms with Crippen molar-refractivity contribution in [2.24, 2.45) is 0 Å². The molecule has 100 valence electrons. The molecule has 0 saturated carbocycles. The van der Waals surface area contributed by atoms with Crippen molar-refractivity contribution in [3.8, 4) is 12.0 Å². The zero-order chi connectivity index (χ0) is 13.5. The Bertz CT molecular complexity index is 525. The lowest BCUT2D eigenvalue weighted by molar-refractivity contribution is 0.332. The van der Waals surface area contributed by atoms with Crippen LogP contribution >= 0.6 is 0 Å². The van der Waals surface area contributed by atoms with E-state index in [9.17, 15) is 0 Å². The highest BCUT2D eigenvalue weighted by Gasteiger charge is 2.08. The van der Waals surface area contributed by atoms with Gasteiger partial charge >= 0.3 is 6.01 Å². The largest absolute Gasteiger partial charge is 0.459 e. The first-order chi connectivity index (χ1) is 9.33. The van der Waals surface area contributed by atoms with Crippen LogP contribution in [0.15, 0.2) is 31.4 Å². The second-order valence-corrected chi connectivity index (χ2v) is 3.74. The number of rotatable bonds is 7. The molecule has 0 bridgehead atoms. The van der Waals surface area contributed by atoms with E-state index in [0.717, 1.165) is 13.0 Å². The van der Waals surface area contributed by atoms with Gasteiger partial charge in [-0.25, -0.2) is 4.98 Å². The second kappa shape index (κ2) is 6.48. The minimum absolute atomic E-state index is 0.261. The molecule has 2 heterocycles. The van der Waals surface area contributed by atoms with Crippen LogP contribution in [-0.2, 0) is 0 Å². The number of imidazole rings is 1. The predicted molar refractivity (Wildman–Crippen MR) is 71.4 cm³/mol. The van der Waals surface area contributed by atoms with Gasteiger partial charge in [-0.15, -0.1) is 0 Å². The Morgan fingerprint density at radius 1 is 1.42 bits per heavy atom. The third-order valence-electron chi connectivity index (χ3n) is 2.20. The van der Waals surface area contributed by atoms with Crippen LogP contribution in [-0.4, -0.2) is 37.7 Å². The van der Waals surface area contributed by atoms with Crippen molar-refractivity contribution in [3.05, 3.63) is 31.4 Å². The topological polar surface area (TPSA) is 77.8 Å². The molecule has 2 rings (SSSR count). The summed E-state index contributed by atoms with van der Waals surface area (Å²) < 4.78 is 7.05. The molecular weight excluding hydrogens is 244 g/mol. The Labute approximate surface area is 111 Å². The lowest BCUT2D eigenvalue weighted by Gasteiger charge is -2.08. The maximum atomic E-state index is 5.36. The van der Waals surface area contributed by atoms with Gasteiger partial charge < -0.3 is 10.1 Å². The van der Waals surface area contributed by atoms with Crippen LogP contribution in [0.4, 0.5) is 5.95 Å². The monoisotopic (exact) mass is 260 g/mol. The van der Waals surface area contributed by atoms with Gasteiger partial charge in [0.25, 0.3) is 0 Å². The highest BCUT2D eigenvalue weighted by Crippen LogP contribution is 2.11. The molecule has 0 amide bonds. The van der Waals surface area contributed by atoms with Crippen LogP contribution in [0.5, 0.6) is 6.01 Å². The Morgan fingerprint density at radius 3 is 3.00 bits per heavy atom. The van der Waals surface area contributed by atoms with Crippen molar-refractivity contribution in [3.63, 3.8) is 0 Å². The van der Waals surface area contributed by atoms with Crippen LogP contribution in [0.2, 0.25) is 0 Å². The molecule has 0 aliphatic rings. The highest BCUT2D eigenvalue weighted by atomic mass is 16.5. The lowest BCUT2D eigenvalue weighted by Crippen LogP contribution is -2.11. The average molecular weight is 260 g/mol. The molecule has 0 radical (unpaired) electrons. The smallest absolute Gasteiger partial charge is 0.323 e. The van der Waals surface area contributed by atoms with E-state index in [1.165, 1.54) is 0 Å². The fraction of sp³-hybridized carbons (Fsp3) is 0.333. The third-order valence-corrected chi connectivity index (χ3v) is 2.20. The summed E-state index contributed by atoms with van der Waals surface area (Å²) in [7, 11) is 0. The molecule has 0 unspecified atom stereocenters. The molecule has 2 aromatic rings. The Balaban J connectivity index is 2.28. The summed E-state index contributed by atoms with van der Waals surface area (Å²) >= 11 is 0. The van der Waals surface area contributed by atoms with E-state index in [0.29, 0.717) is 18.5 Å². The number of nitrogens with zero attached hydrogens (tertiary/aromatic N) is 5. The first-order valence-electron chi connectivity index (χ1n) is 6.05. The van der Waals surface area contributed by atoms with Crippen molar-refractivity contribution in [2.45, 2.75) is 13.3 Å². The second-order valence-electron chi connectivity index (χ2n) is 3.74. The SMILES string of the molecule is C=CCOc1nc(NCCC)nc(-n2ccnc2)n1. The summed E-state index contributed by atoms with van der Waals surface area (Å²) in [5, 5.41) is 3.11. The number of hydrogen-bond donors (Lipinski definition) is 1. The van der Waals surface area contributed by atoms with Gasteiger partial charge in [0.1, 0.15) is 12.9 Å². The summed E-state index contributed by atoms with van der Waals surface area (Å²) in [5.41, 5.74) is 0. The van der Waals surface area contributed by atoms with Crippen LogP contribution in [0.1, 0.15) is 13.3 Å². The quantitative estimate of drug-likeness (QED) is 0.759. The van der Waals surface area contributed by atoms with E-state index in [1.807, 2.05) is 0 Å². The number of aromatic nitrogens is 5. The average Bonchev–Trinajstić information content (AvgIpc) is 2.97. The zero-order valence-electron chi connectivity index (χ0n) is 10.8. The van der Waals surface area contributed by atoms with Gasteiger partial charge in [-0.2, -0.15) is 15.0 Å². The van der Waals surface area contributed by atoms with E-state index in [1.54, 1.807) is 29.4 Å². The van der Waals surface area contributed by atoms with Crippen molar-refractivity contribution < 1.29 is 4.74 Å². The molecule has 7 heteroatoms. The number of anilines is 1. The molecule has 2 aromatic heterocycles. The molecule has 0 saturated heterocycles. The van der Waals surface area contributed by atoms with Gasteiger partial charge in [0, 0.05) is 18.9 Å². The van der Waals surface area contributed by atoms with E-state index >= 15 is 0 Å². The first-order valence-corrected chi connectivity index (χ1v) is 6.05. The molecule has 0 spiro atoms. The van der Waals surface area contributed by atoms with E-state index < -0.39 is 0 Å². The summed E-state index contributed by atoms with van der Waals surface area (Å²) in [6.07, 6.45) is 7.66. The standard InChI is InChI=1S/C12H16N6O/c1-3-5-14-10-15-11(18-7-6-13-9-18)17-12(16-10)19-8-4-2/h4,6-7,9H,2-3,5,8H2,1H3,(H,14,15,16,17). The molecule has 0 fully saturated rings. The van der Waals surface area contributed by atoms with Crippen LogP contribution < -0.4 is 10.1 Å². The van der Waals surface area contributed by atoms with E-state index in [-0.39, 0.29) is 6.01 Å². The third kappa shape index (κ3) is 3.51. The summed E-state index contributed by atoms with van der Waals surface area (Å²) in [4.78, 5) is 16.7. The van der Waals surface area contributed by atoms with Crippen LogP contribution in [0.3, 0.4) is 0 Å². The van der Waals surface area contributed by atoms with Crippen molar-refractivity contribution in [1.82, 2.24) is 24.5 Å². The maximum Gasteiger partial charge on any atom is 0.323 e. The van der Waals surface area contributed by atoms with Crippen molar-refractivity contribution in [1.29, 1.82) is 0 Å². The van der Waals surface area contributed by atoms with Crippen LogP contribution in [0, 0.1) is 0 Å². The van der Waals surface area contributed by atoms with Gasteiger partial charge in [-0.3, -0.25) is 4.57 Å². The molecule has 0 aromatic carbocycles. The fourth-order valence-electron chi connectivity index (χ4n) is 1.35. The van der Waals surface area contributed by atoms with Crippen molar-refractivity contribution >= 4 is 5.95 Å². The zero-order valence-corrected chi connectivity index (χ0v) is 10.8. The molecule has 19 heavy (non-hydrogen) atoms. The van der Waals surface area contributed by atoms with Gasteiger partial charge in [0.05, 0.1) is 0 Å². The summed E-state index contributed by atoms with van der Waals surface area (Å²) in [6.45, 7) is 6.80. The maximum absolute atomic E-state index is 5.36. The molecule has 0 atom stereocenters. The highest BCUT2D eigenvalue weighted by molar-refractivity contribution is 5.30. The molecule has 0 aliphatic carbocycles. The molecule has 7 nitrogen and oxygen atoms in total. The number of ether oxygens (including phenoxy) is 1. The molecule has 1 N–H and O–H groups in total. The fourth-order valence-corrected chi connectivity index (χ4v) is 1.35. The normalized spacial score (nSPS) is 10.2. The Morgan fingerprint density at radius 2 is 2.32 bits per heavy atom. The predicted octanol–water partition coefficient (Wildman–Crippen LogP) is 1.44.